The summed E-state index contributed by atoms with van der Waals surface area (Å²) in [6.45, 7) is 3.77. The van der Waals surface area contributed by atoms with Gasteiger partial charge in [0.2, 0.25) is 11.8 Å². The molecule has 9 heteroatoms. The third-order valence-corrected chi connectivity index (χ3v) is 4.86. The molecule has 146 valence electrons. The number of aromatic nitrogens is 5. The molecule has 2 N–H and O–H groups in total. The van der Waals surface area contributed by atoms with Crippen LogP contribution in [0.1, 0.15) is 47.9 Å². The Labute approximate surface area is 161 Å². The zero-order valence-electron chi connectivity index (χ0n) is 15.8. The molecule has 1 amide bonds. The lowest BCUT2D eigenvalue weighted by molar-refractivity contribution is -0.115. The first-order chi connectivity index (χ1) is 13.6. The molecular weight excluding hydrogens is 360 g/mol. The number of hydrogen-bond donors (Lipinski definition) is 2. The number of nitrogens with one attached hydrogen (secondary N) is 2. The second kappa shape index (κ2) is 7.79. The Morgan fingerprint density at radius 1 is 1.36 bits per heavy atom. The third-order valence-electron chi connectivity index (χ3n) is 4.86. The number of anilines is 1. The molecule has 0 bridgehead atoms. The molecule has 2 atom stereocenters. The standard InChI is InChI=1S/C19H22N6O3/c1-11-5-6-20-24-19(11)27-14-4-3-13(8-14)16-10-17(23-22-16)21-18(26)9-15-7-12(2)25-28-15/h5-7,10,13-14H,3-4,8-9H2,1-2H3,(H2,21,22,23,26)/t13-,14+/m1/s1. The van der Waals surface area contributed by atoms with Crippen LogP contribution in [0.3, 0.4) is 0 Å². The number of amides is 1. The van der Waals surface area contributed by atoms with E-state index >= 15 is 0 Å². The van der Waals surface area contributed by atoms with Gasteiger partial charge in [-0.25, -0.2) is 0 Å². The summed E-state index contributed by atoms with van der Waals surface area (Å²) in [6, 6.07) is 5.51. The first-order valence-electron chi connectivity index (χ1n) is 9.29. The van der Waals surface area contributed by atoms with Gasteiger partial charge in [0, 0.05) is 29.3 Å². The topological polar surface area (TPSA) is 119 Å². The fraction of sp³-hybridized carbons (Fsp3) is 0.421. The van der Waals surface area contributed by atoms with E-state index in [0.29, 0.717) is 23.4 Å². The van der Waals surface area contributed by atoms with E-state index in [1.807, 2.05) is 26.0 Å². The molecule has 1 aliphatic rings. The molecule has 0 spiro atoms. The smallest absolute Gasteiger partial charge is 0.236 e. The van der Waals surface area contributed by atoms with Crippen molar-refractivity contribution in [3.8, 4) is 5.88 Å². The predicted octanol–water partition coefficient (Wildman–Crippen LogP) is 2.70. The Hall–Kier alpha value is -3.23. The number of hydrogen-bond acceptors (Lipinski definition) is 7. The molecule has 0 saturated heterocycles. The van der Waals surface area contributed by atoms with E-state index in [0.717, 1.165) is 36.2 Å². The van der Waals surface area contributed by atoms with Crippen molar-refractivity contribution in [1.29, 1.82) is 0 Å². The molecule has 0 radical (unpaired) electrons. The third kappa shape index (κ3) is 4.19. The van der Waals surface area contributed by atoms with Crippen LogP contribution >= 0.6 is 0 Å². The zero-order chi connectivity index (χ0) is 19.5. The van der Waals surface area contributed by atoms with Gasteiger partial charge >= 0.3 is 0 Å². The molecule has 0 aromatic carbocycles. The van der Waals surface area contributed by atoms with Crippen LogP contribution in [0.5, 0.6) is 5.88 Å². The van der Waals surface area contributed by atoms with E-state index in [4.69, 9.17) is 9.26 Å². The molecule has 9 nitrogen and oxygen atoms in total. The molecule has 1 saturated carbocycles. The van der Waals surface area contributed by atoms with Crippen LogP contribution in [0.4, 0.5) is 5.82 Å². The summed E-state index contributed by atoms with van der Waals surface area (Å²) >= 11 is 0. The molecule has 4 rings (SSSR count). The lowest BCUT2D eigenvalue weighted by Gasteiger charge is -2.13. The van der Waals surface area contributed by atoms with Crippen molar-refractivity contribution < 1.29 is 14.1 Å². The van der Waals surface area contributed by atoms with Crippen LogP contribution in [0, 0.1) is 13.8 Å². The van der Waals surface area contributed by atoms with Gasteiger partial charge in [0.05, 0.1) is 18.3 Å². The fourth-order valence-electron chi connectivity index (χ4n) is 3.44. The van der Waals surface area contributed by atoms with Crippen molar-refractivity contribution in [2.45, 2.75) is 51.6 Å². The molecule has 0 unspecified atom stereocenters. The number of ether oxygens (including phenoxy) is 1. The van der Waals surface area contributed by atoms with Gasteiger partial charge in [-0.2, -0.15) is 10.2 Å². The van der Waals surface area contributed by atoms with E-state index < -0.39 is 0 Å². The van der Waals surface area contributed by atoms with Crippen molar-refractivity contribution in [2.75, 3.05) is 5.32 Å². The van der Waals surface area contributed by atoms with Gasteiger partial charge in [-0.15, -0.1) is 5.10 Å². The minimum absolute atomic E-state index is 0.0939. The number of aromatic amines is 1. The largest absolute Gasteiger partial charge is 0.473 e. The van der Waals surface area contributed by atoms with Gasteiger partial charge in [0.1, 0.15) is 11.9 Å². The molecule has 3 aromatic rings. The van der Waals surface area contributed by atoms with E-state index in [1.54, 1.807) is 12.3 Å². The van der Waals surface area contributed by atoms with Crippen molar-refractivity contribution in [3.05, 3.63) is 47.1 Å². The quantitative estimate of drug-likeness (QED) is 0.673. The molecule has 28 heavy (non-hydrogen) atoms. The minimum Gasteiger partial charge on any atom is -0.473 e. The van der Waals surface area contributed by atoms with Crippen molar-refractivity contribution in [2.24, 2.45) is 0 Å². The minimum atomic E-state index is -0.194. The maximum Gasteiger partial charge on any atom is 0.236 e. The van der Waals surface area contributed by atoms with E-state index in [-0.39, 0.29) is 18.4 Å². The zero-order valence-corrected chi connectivity index (χ0v) is 15.8. The second-order valence-corrected chi connectivity index (χ2v) is 7.14. The molecule has 1 aliphatic carbocycles. The number of carbonyl (C=O) groups excluding carboxylic acids is 1. The van der Waals surface area contributed by atoms with Crippen LogP contribution in [0.25, 0.3) is 0 Å². The molecular formula is C19H22N6O3. The number of aryl methyl sites for hydroxylation is 2. The summed E-state index contributed by atoms with van der Waals surface area (Å²) in [4.78, 5) is 12.1. The Kier molecular flexibility index (Phi) is 5.05. The lowest BCUT2D eigenvalue weighted by Crippen LogP contribution is -2.14. The van der Waals surface area contributed by atoms with Gasteiger partial charge in [-0.05, 0) is 39.2 Å². The van der Waals surface area contributed by atoms with Crippen LogP contribution in [0.15, 0.2) is 28.9 Å². The van der Waals surface area contributed by atoms with Crippen LogP contribution < -0.4 is 10.1 Å². The van der Waals surface area contributed by atoms with Crippen LogP contribution in [0.2, 0.25) is 0 Å². The maximum atomic E-state index is 12.1. The predicted molar refractivity (Wildman–Crippen MR) is 99.9 cm³/mol. The van der Waals surface area contributed by atoms with Crippen molar-refractivity contribution in [1.82, 2.24) is 25.6 Å². The fourth-order valence-corrected chi connectivity index (χ4v) is 3.44. The van der Waals surface area contributed by atoms with Gasteiger partial charge in [-0.1, -0.05) is 5.16 Å². The average molecular weight is 382 g/mol. The summed E-state index contributed by atoms with van der Waals surface area (Å²) < 4.78 is 11.1. The van der Waals surface area contributed by atoms with Crippen molar-refractivity contribution in [3.63, 3.8) is 0 Å². The molecule has 3 aromatic heterocycles. The highest BCUT2D eigenvalue weighted by molar-refractivity contribution is 5.91. The Morgan fingerprint density at radius 2 is 2.25 bits per heavy atom. The Morgan fingerprint density at radius 3 is 3.04 bits per heavy atom. The lowest BCUT2D eigenvalue weighted by atomic mass is 10.0. The van der Waals surface area contributed by atoms with Gasteiger partial charge in [-0.3, -0.25) is 9.89 Å². The normalized spacial score (nSPS) is 18.9. The van der Waals surface area contributed by atoms with E-state index in [1.165, 1.54) is 0 Å². The van der Waals surface area contributed by atoms with Crippen LogP contribution in [-0.4, -0.2) is 37.6 Å². The number of carbonyl (C=O) groups is 1. The van der Waals surface area contributed by atoms with Gasteiger partial charge < -0.3 is 14.6 Å². The first-order valence-corrected chi connectivity index (χ1v) is 9.29. The highest BCUT2D eigenvalue weighted by Crippen LogP contribution is 2.36. The molecule has 1 fully saturated rings. The molecule has 3 heterocycles. The Balaban J connectivity index is 1.32. The summed E-state index contributed by atoms with van der Waals surface area (Å²) in [6.07, 6.45) is 4.66. The summed E-state index contributed by atoms with van der Waals surface area (Å²) in [5.41, 5.74) is 2.72. The highest BCUT2D eigenvalue weighted by atomic mass is 16.5. The highest BCUT2D eigenvalue weighted by Gasteiger charge is 2.29. The van der Waals surface area contributed by atoms with E-state index in [2.05, 4.69) is 30.9 Å². The number of nitrogens with zero attached hydrogens (tertiary/aromatic N) is 4. The summed E-state index contributed by atoms with van der Waals surface area (Å²) in [7, 11) is 0. The number of rotatable bonds is 6. The second-order valence-electron chi connectivity index (χ2n) is 7.14. The monoisotopic (exact) mass is 382 g/mol. The first kappa shape index (κ1) is 18.1. The Bertz CT molecular complexity index is 966. The number of H-pyrrole nitrogens is 1. The van der Waals surface area contributed by atoms with E-state index in [9.17, 15) is 4.79 Å². The molecule has 0 aliphatic heterocycles. The summed E-state index contributed by atoms with van der Waals surface area (Å²) in [5.74, 6) is 1.73. The van der Waals surface area contributed by atoms with Crippen LogP contribution in [-0.2, 0) is 11.2 Å². The average Bonchev–Trinajstić information content (AvgIpc) is 3.39. The van der Waals surface area contributed by atoms with Gasteiger partial charge in [0.15, 0.2) is 5.82 Å². The van der Waals surface area contributed by atoms with Gasteiger partial charge in [0.25, 0.3) is 0 Å². The maximum absolute atomic E-state index is 12.1. The van der Waals surface area contributed by atoms with Crippen molar-refractivity contribution >= 4 is 11.7 Å². The summed E-state index contributed by atoms with van der Waals surface area (Å²) in [5, 5.41) is 21.7. The SMILES string of the molecule is Cc1cc(CC(=O)Nc2cc([C@@H]3CC[C@H](Oc4nnccc4C)C3)[nH]n2)on1.